The van der Waals surface area contributed by atoms with Gasteiger partial charge in [0, 0.05) is 23.2 Å². The van der Waals surface area contributed by atoms with E-state index >= 15 is 0 Å². The van der Waals surface area contributed by atoms with Gasteiger partial charge in [0.15, 0.2) is 0 Å². The predicted molar refractivity (Wildman–Crippen MR) is 138 cm³/mol. The van der Waals surface area contributed by atoms with Crippen molar-refractivity contribution in [3.63, 3.8) is 0 Å². The first-order valence-corrected chi connectivity index (χ1v) is 11.6. The van der Waals surface area contributed by atoms with Gasteiger partial charge < -0.3 is 13.7 Å². The van der Waals surface area contributed by atoms with Gasteiger partial charge in [-0.25, -0.2) is 0 Å². The number of furan rings is 1. The van der Waals surface area contributed by atoms with Gasteiger partial charge in [-0.2, -0.15) is 0 Å². The van der Waals surface area contributed by atoms with Gasteiger partial charge in [0.1, 0.15) is 11.2 Å². The van der Waals surface area contributed by atoms with Gasteiger partial charge in [-0.15, -0.1) is 0 Å². The lowest BCUT2D eigenvalue weighted by Crippen LogP contribution is -2.41. The van der Waals surface area contributed by atoms with Crippen LogP contribution in [0.15, 0.2) is 89.6 Å². The average Bonchev–Trinajstić information content (AvgIpc) is 3.31. The highest BCUT2D eigenvalue weighted by molar-refractivity contribution is 6.62. The number of rotatable bonds is 3. The summed E-state index contributed by atoms with van der Waals surface area (Å²) in [6.45, 7) is 8.32. The maximum absolute atomic E-state index is 6.39. The lowest BCUT2D eigenvalue weighted by Gasteiger charge is -2.32. The Hall–Kier alpha value is -3.41. The molecule has 1 saturated heterocycles. The molecule has 0 radical (unpaired) electrons. The summed E-state index contributed by atoms with van der Waals surface area (Å²) in [6, 6.07) is 25.1. The van der Waals surface area contributed by atoms with E-state index in [1.165, 1.54) is 0 Å². The van der Waals surface area contributed by atoms with Gasteiger partial charge in [0.05, 0.1) is 11.2 Å². The minimum atomic E-state index is -0.444. The summed E-state index contributed by atoms with van der Waals surface area (Å²) >= 11 is 0. The molecule has 0 spiro atoms. The number of para-hydroxylation sites is 1. The first kappa shape index (κ1) is 21.1. The Kier molecular flexibility index (Phi) is 4.70. The van der Waals surface area contributed by atoms with Gasteiger partial charge in [0.2, 0.25) is 0 Å². The third-order valence-corrected chi connectivity index (χ3v) is 7.21. The summed E-state index contributed by atoms with van der Waals surface area (Å²) < 4.78 is 18.9. The van der Waals surface area contributed by atoms with Crippen LogP contribution in [-0.2, 0) is 9.31 Å². The van der Waals surface area contributed by atoms with Crippen LogP contribution in [0.2, 0.25) is 0 Å². The zero-order valence-electron chi connectivity index (χ0n) is 19.8. The highest BCUT2D eigenvalue weighted by Gasteiger charge is 2.51. The summed E-state index contributed by atoms with van der Waals surface area (Å²) in [5.41, 5.74) is 6.32. The summed E-state index contributed by atoms with van der Waals surface area (Å²) in [4.78, 5) is 4.18. The Morgan fingerprint density at radius 3 is 2.00 bits per heavy atom. The first-order chi connectivity index (χ1) is 16.3. The molecule has 0 atom stereocenters. The fraction of sp³-hybridized carbons (Fsp3) is 0.207. The molecule has 2 aromatic heterocycles. The van der Waals surface area contributed by atoms with Gasteiger partial charge >= 0.3 is 7.12 Å². The van der Waals surface area contributed by atoms with E-state index in [4.69, 9.17) is 13.7 Å². The number of aromatic nitrogens is 1. The topological polar surface area (TPSA) is 44.5 Å². The Bertz CT molecular complexity index is 1510. The number of pyridine rings is 1. The molecule has 0 bridgehead atoms. The highest BCUT2D eigenvalue weighted by atomic mass is 16.7. The lowest BCUT2D eigenvalue weighted by atomic mass is 9.76. The van der Waals surface area contributed by atoms with Gasteiger partial charge in [-0.05, 0) is 91.8 Å². The molecule has 3 aromatic carbocycles. The van der Waals surface area contributed by atoms with Crippen molar-refractivity contribution < 1.29 is 13.7 Å². The maximum atomic E-state index is 6.39. The molecule has 0 N–H and O–H groups in total. The number of fused-ring (bicyclic) bond motifs is 3. The predicted octanol–water partition coefficient (Wildman–Crippen LogP) is 6.61. The van der Waals surface area contributed by atoms with E-state index in [0.29, 0.717) is 0 Å². The summed E-state index contributed by atoms with van der Waals surface area (Å²) in [6.07, 6.45) is 3.63. The molecule has 1 aliphatic heterocycles. The Balaban J connectivity index is 1.50. The van der Waals surface area contributed by atoms with Crippen LogP contribution in [0.4, 0.5) is 0 Å². The van der Waals surface area contributed by atoms with E-state index < -0.39 is 18.3 Å². The summed E-state index contributed by atoms with van der Waals surface area (Å²) in [7, 11) is -0.444. The van der Waals surface area contributed by atoms with Crippen molar-refractivity contribution in [3.05, 3.63) is 85.2 Å². The van der Waals surface area contributed by atoms with Crippen molar-refractivity contribution in [2.24, 2.45) is 0 Å². The molecule has 0 amide bonds. The highest BCUT2D eigenvalue weighted by Crippen LogP contribution is 2.38. The molecule has 3 heterocycles. The molecule has 5 aromatic rings. The van der Waals surface area contributed by atoms with Crippen molar-refractivity contribution in [3.8, 4) is 22.3 Å². The molecule has 1 aliphatic rings. The van der Waals surface area contributed by atoms with Crippen LogP contribution in [0.25, 0.3) is 44.2 Å². The molecule has 0 unspecified atom stereocenters. The van der Waals surface area contributed by atoms with Gasteiger partial charge in [0.25, 0.3) is 0 Å². The van der Waals surface area contributed by atoms with Crippen molar-refractivity contribution in [1.82, 2.24) is 4.98 Å². The van der Waals surface area contributed by atoms with Crippen LogP contribution in [-0.4, -0.2) is 23.3 Å². The van der Waals surface area contributed by atoms with E-state index in [0.717, 1.165) is 49.7 Å². The fourth-order valence-electron chi connectivity index (χ4n) is 4.55. The monoisotopic (exact) mass is 447 g/mol. The van der Waals surface area contributed by atoms with Crippen molar-refractivity contribution in [2.75, 3.05) is 0 Å². The first-order valence-electron chi connectivity index (χ1n) is 11.6. The van der Waals surface area contributed by atoms with Crippen LogP contribution < -0.4 is 5.46 Å². The average molecular weight is 447 g/mol. The third-order valence-electron chi connectivity index (χ3n) is 7.21. The van der Waals surface area contributed by atoms with Gasteiger partial charge in [-0.3, -0.25) is 4.98 Å². The standard InChI is InChI=1S/C29H26BNO3/c1-28(2)29(3,4)34-30(33-28)23-16-21(19-11-13-31-14-12-19)15-22(17-23)20-9-10-25-24-7-5-6-8-26(24)32-27(25)18-20/h5-18H,1-4H3. The van der Waals surface area contributed by atoms with Crippen LogP contribution in [0.1, 0.15) is 27.7 Å². The molecule has 5 heteroatoms. The minimum Gasteiger partial charge on any atom is -0.456 e. The van der Waals surface area contributed by atoms with Gasteiger partial charge in [-0.1, -0.05) is 36.4 Å². The maximum Gasteiger partial charge on any atom is 0.494 e. The van der Waals surface area contributed by atoms with Crippen LogP contribution in [0.5, 0.6) is 0 Å². The van der Waals surface area contributed by atoms with Crippen LogP contribution in [0, 0.1) is 0 Å². The molecule has 168 valence electrons. The SMILES string of the molecule is CC1(C)OB(c2cc(-c3ccncc3)cc(-c3ccc4c(c3)oc3ccccc34)c2)OC1(C)C. The Morgan fingerprint density at radius 1 is 0.618 bits per heavy atom. The zero-order chi connectivity index (χ0) is 23.5. The van der Waals surface area contributed by atoms with Crippen LogP contribution in [0.3, 0.4) is 0 Å². The van der Waals surface area contributed by atoms with Crippen molar-refractivity contribution in [1.29, 1.82) is 0 Å². The minimum absolute atomic E-state index is 0.405. The van der Waals surface area contributed by atoms with Crippen molar-refractivity contribution >= 4 is 34.5 Å². The summed E-state index contributed by atoms with van der Waals surface area (Å²) in [5, 5.41) is 2.25. The van der Waals surface area contributed by atoms with E-state index in [-0.39, 0.29) is 0 Å². The summed E-state index contributed by atoms with van der Waals surface area (Å²) in [5.74, 6) is 0. The Morgan fingerprint density at radius 2 is 1.26 bits per heavy atom. The zero-order valence-corrected chi connectivity index (χ0v) is 19.8. The van der Waals surface area contributed by atoms with E-state index in [1.54, 1.807) is 0 Å². The molecular formula is C29H26BNO3. The number of hydrogen-bond donors (Lipinski definition) is 0. The number of nitrogens with zero attached hydrogens (tertiary/aromatic N) is 1. The molecule has 4 nitrogen and oxygen atoms in total. The third kappa shape index (κ3) is 3.44. The van der Waals surface area contributed by atoms with E-state index in [9.17, 15) is 0 Å². The second-order valence-electron chi connectivity index (χ2n) is 9.98. The molecule has 1 fully saturated rings. The fourth-order valence-corrected chi connectivity index (χ4v) is 4.55. The van der Waals surface area contributed by atoms with E-state index in [1.807, 2.05) is 42.7 Å². The molecular weight excluding hydrogens is 421 g/mol. The largest absolute Gasteiger partial charge is 0.494 e. The second-order valence-corrected chi connectivity index (χ2v) is 9.98. The molecule has 0 saturated carbocycles. The number of benzene rings is 3. The molecule has 6 rings (SSSR count). The smallest absolute Gasteiger partial charge is 0.456 e. The lowest BCUT2D eigenvalue weighted by molar-refractivity contribution is 0.00578. The normalized spacial score (nSPS) is 17.0. The molecule has 0 aliphatic carbocycles. The number of hydrogen-bond acceptors (Lipinski definition) is 4. The van der Waals surface area contributed by atoms with Crippen LogP contribution >= 0.6 is 0 Å². The second kappa shape index (κ2) is 7.56. The quantitative estimate of drug-likeness (QED) is 0.292. The Labute approximate surface area is 199 Å². The van der Waals surface area contributed by atoms with Crippen molar-refractivity contribution in [2.45, 2.75) is 38.9 Å². The van der Waals surface area contributed by atoms with E-state index in [2.05, 4.69) is 75.1 Å². The molecule has 34 heavy (non-hydrogen) atoms.